The van der Waals surface area contributed by atoms with E-state index in [1.54, 1.807) is 16.9 Å². The van der Waals surface area contributed by atoms with Gasteiger partial charge in [-0.2, -0.15) is 5.10 Å². The van der Waals surface area contributed by atoms with Gasteiger partial charge in [0, 0.05) is 12.4 Å². The highest BCUT2D eigenvalue weighted by Gasteiger charge is 2.06. The van der Waals surface area contributed by atoms with Crippen molar-refractivity contribution in [3.05, 3.63) is 38.3 Å². The Morgan fingerprint density at radius 1 is 1.29 bits per heavy atom. The van der Waals surface area contributed by atoms with Crippen molar-refractivity contribution in [2.45, 2.75) is 0 Å². The number of hydrogen-bond acceptors (Lipinski definition) is 2. The van der Waals surface area contributed by atoms with E-state index in [0.717, 1.165) is 3.57 Å². The zero-order valence-corrected chi connectivity index (χ0v) is 10.5. The molecule has 0 aromatic carbocycles. The van der Waals surface area contributed by atoms with Gasteiger partial charge in [0.15, 0.2) is 5.82 Å². The van der Waals surface area contributed by atoms with Crippen molar-refractivity contribution >= 4 is 45.8 Å². The van der Waals surface area contributed by atoms with E-state index in [1.807, 2.05) is 6.20 Å². The molecule has 3 nitrogen and oxygen atoms in total. The first-order valence-electron chi connectivity index (χ1n) is 3.68. The Kier molecular flexibility index (Phi) is 2.94. The summed E-state index contributed by atoms with van der Waals surface area (Å²) in [6, 6.07) is 1.64. The predicted molar refractivity (Wildman–Crippen MR) is 64.1 cm³/mol. The summed E-state index contributed by atoms with van der Waals surface area (Å²) in [5.74, 6) is 0.582. The second kappa shape index (κ2) is 4.04. The van der Waals surface area contributed by atoms with Crippen LogP contribution < -0.4 is 0 Å². The maximum Gasteiger partial charge on any atom is 0.172 e. The molecular formula is C8H4Cl2IN3. The SMILES string of the molecule is Clc1cnc(-n2cc(I)cn2)c(Cl)c1. The fraction of sp³-hybridized carbons (Fsp3) is 0. The molecule has 14 heavy (non-hydrogen) atoms. The molecule has 0 atom stereocenters. The number of rotatable bonds is 1. The van der Waals surface area contributed by atoms with Crippen molar-refractivity contribution < 1.29 is 0 Å². The summed E-state index contributed by atoms with van der Waals surface area (Å²) in [5.41, 5.74) is 0. The fourth-order valence-electron chi connectivity index (χ4n) is 0.993. The summed E-state index contributed by atoms with van der Waals surface area (Å²) >= 11 is 13.9. The maximum atomic E-state index is 5.96. The third-order valence-corrected chi connectivity index (χ3v) is 2.60. The Morgan fingerprint density at radius 2 is 2.07 bits per heavy atom. The second-order valence-electron chi connectivity index (χ2n) is 2.56. The van der Waals surface area contributed by atoms with Crippen LogP contribution in [0.15, 0.2) is 24.7 Å². The molecule has 0 saturated carbocycles. The van der Waals surface area contributed by atoms with Gasteiger partial charge in [-0.3, -0.25) is 0 Å². The van der Waals surface area contributed by atoms with E-state index in [0.29, 0.717) is 15.9 Å². The first-order valence-corrected chi connectivity index (χ1v) is 5.52. The van der Waals surface area contributed by atoms with Gasteiger partial charge in [-0.05, 0) is 28.7 Å². The smallest absolute Gasteiger partial charge is 0.172 e. The van der Waals surface area contributed by atoms with Gasteiger partial charge in [-0.25, -0.2) is 9.67 Å². The normalized spacial score (nSPS) is 10.5. The number of halogens is 3. The van der Waals surface area contributed by atoms with Crippen LogP contribution >= 0.6 is 45.8 Å². The third-order valence-electron chi connectivity index (χ3n) is 1.56. The summed E-state index contributed by atoms with van der Waals surface area (Å²) in [6.07, 6.45) is 5.10. The lowest BCUT2D eigenvalue weighted by Gasteiger charge is -2.02. The molecule has 0 aliphatic rings. The lowest BCUT2D eigenvalue weighted by molar-refractivity contribution is 0.847. The van der Waals surface area contributed by atoms with Gasteiger partial charge in [0.2, 0.25) is 0 Å². The van der Waals surface area contributed by atoms with Gasteiger partial charge >= 0.3 is 0 Å². The average molecular weight is 340 g/mol. The monoisotopic (exact) mass is 339 g/mol. The minimum absolute atomic E-state index is 0.483. The van der Waals surface area contributed by atoms with Crippen LogP contribution in [0, 0.1) is 3.57 Å². The zero-order valence-electron chi connectivity index (χ0n) is 6.78. The van der Waals surface area contributed by atoms with E-state index in [2.05, 4.69) is 32.7 Å². The highest BCUT2D eigenvalue weighted by molar-refractivity contribution is 14.1. The lowest BCUT2D eigenvalue weighted by atomic mass is 10.4. The van der Waals surface area contributed by atoms with Crippen LogP contribution in [0.4, 0.5) is 0 Å². The Labute approximate surface area is 104 Å². The van der Waals surface area contributed by atoms with E-state index in [-0.39, 0.29) is 0 Å². The van der Waals surface area contributed by atoms with Gasteiger partial charge in [-0.15, -0.1) is 0 Å². The quantitative estimate of drug-likeness (QED) is 0.747. The van der Waals surface area contributed by atoms with Gasteiger partial charge < -0.3 is 0 Å². The summed E-state index contributed by atoms with van der Waals surface area (Å²) in [6.45, 7) is 0. The summed E-state index contributed by atoms with van der Waals surface area (Å²) < 4.78 is 2.64. The molecule has 0 aliphatic carbocycles. The topological polar surface area (TPSA) is 30.7 Å². The molecule has 0 radical (unpaired) electrons. The first-order chi connectivity index (χ1) is 6.66. The summed E-state index contributed by atoms with van der Waals surface area (Å²) in [7, 11) is 0. The summed E-state index contributed by atoms with van der Waals surface area (Å²) in [4.78, 5) is 4.09. The highest BCUT2D eigenvalue weighted by atomic mass is 127. The molecule has 2 aromatic rings. The Hall–Kier alpha value is -0.330. The lowest BCUT2D eigenvalue weighted by Crippen LogP contribution is -1.98. The van der Waals surface area contributed by atoms with Crippen LogP contribution in [0.1, 0.15) is 0 Å². The molecule has 2 rings (SSSR count). The van der Waals surface area contributed by atoms with Crippen LogP contribution in [0.3, 0.4) is 0 Å². The van der Waals surface area contributed by atoms with E-state index < -0.39 is 0 Å². The third kappa shape index (κ3) is 2.02. The molecule has 0 saturated heterocycles. The van der Waals surface area contributed by atoms with Crippen molar-refractivity contribution in [2.75, 3.05) is 0 Å². The number of aromatic nitrogens is 3. The van der Waals surface area contributed by atoms with Gasteiger partial charge in [-0.1, -0.05) is 23.2 Å². The highest BCUT2D eigenvalue weighted by Crippen LogP contribution is 2.21. The predicted octanol–water partition coefficient (Wildman–Crippen LogP) is 3.18. The zero-order chi connectivity index (χ0) is 10.1. The largest absolute Gasteiger partial charge is 0.234 e. The van der Waals surface area contributed by atoms with Crippen molar-refractivity contribution in [1.82, 2.24) is 14.8 Å². The molecule has 2 heterocycles. The van der Waals surface area contributed by atoms with Gasteiger partial charge in [0.05, 0.1) is 19.8 Å². The van der Waals surface area contributed by atoms with E-state index in [4.69, 9.17) is 23.2 Å². The van der Waals surface area contributed by atoms with Crippen molar-refractivity contribution in [2.24, 2.45) is 0 Å². The standard InChI is InChI=1S/C8H4Cl2IN3/c9-5-1-7(10)8(12-2-5)14-4-6(11)3-13-14/h1-4H. The van der Waals surface area contributed by atoms with Gasteiger partial charge in [0.25, 0.3) is 0 Å². The molecule has 0 bridgehead atoms. The molecule has 72 valence electrons. The number of nitrogens with zero attached hydrogens (tertiary/aromatic N) is 3. The van der Waals surface area contributed by atoms with E-state index >= 15 is 0 Å². The molecule has 0 unspecified atom stereocenters. The van der Waals surface area contributed by atoms with Crippen LogP contribution in [0.25, 0.3) is 5.82 Å². The summed E-state index contributed by atoms with van der Waals surface area (Å²) in [5, 5.41) is 5.09. The molecule has 0 N–H and O–H groups in total. The Bertz CT molecular complexity index is 469. The van der Waals surface area contributed by atoms with Crippen molar-refractivity contribution in [3.63, 3.8) is 0 Å². The molecule has 0 spiro atoms. The van der Waals surface area contributed by atoms with Crippen LogP contribution in [-0.4, -0.2) is 14.8 Å². The molecule has 0 fully saturated rings. The molecular weight excluding hydrogens is 336 g/mol. The van der Waals surface area contributed by atoms with Crippen LogP contribution in [0.2, 0.25) is 10.0 Å². The minimum Gasteiger partial charge on any atom is -0.234 e. The first kappa shape index (κ1) is 10.2. The minimum atomic E-state index is 0.483. The van der Waals surface area contributed by atoms with Crippen molar-refractivity contribution in [1.29, 1.82) is 0 Å². The van der Waals surface area contributed by atoms with E-state index in [1.165, 1.54) is 6.20 Å². The Morgan fingerprint density at radius 3 is 2.64 bits per heavy atom. The number of pyridine rings is 1. The van der Waals surface area contributed by atoms with Crippen molar-refractivity contribution in [3.8, 4) is 5.82 Å². The van der Waals surface area contributed by atoms with Gasteiger partial charge in [0.1, 0.15) is 0 Å². The molecule has 2 aromatic heterocycles. The molecule has 6 heteroatoms. The maximum absolute atomic E-state index is 5.96. The second-order valence-corrected chi connectivity index (χ2v) is 4.65. The molecule has 0 amide bonds. The Balaban J connectivity index is 2.52. The number of hydrogen-bond donors (Lipinski definition) is 0. The average Bonchev–Trinajstić information content (AvgIpc) is 2.51. The molecule has 0 aliphatic heterocycles. The fourth-order valence-corrected chi connectivity index (χ4v) is 1.85. The van der Waals surface area contributed by atoms with E-state index in [9.17, 15) is 0 Å². The van der Waals surface area contributed by atoms with Crippen LogP contribution in [0.5, 0.6) is 0 Å². The van der Waals surface area contributed by atoms with Crippen LogP contribution in [-0.2, 0) is 0 Å².